The first kappa shape index (κ1) is 17.7. The summed E-state index contributed by atoms with van der Waals surface area (Å²) in [6.07, 6.45) is 1.54. The maximum Gasteiger partial charge on any atom is 0.264 e. The van der Waals surface area contributed by atoms with Crippen LogP contribution in [0.2, 0.25) is 0 Å². The zero-order chi connectivity index (χ0) is 16.0. The molecule has 0 bridgehead atoms. The lowest BCUT2D eigenvalue weighted by molar-refractivity contribution is -0.124. The van der Waals surface area contributed by atoms with Crippen molar-refractivity contribution in [1.29, 1.82) is 10.5 Å². The lowest BCUT2D eigenvalue weighted by Gasteiger charge is -2.10. The smallest absolute Gasteiger partial charge is 0.264 e. The molecule has 0 spiro atoms. The van der Waals surface area contributed by atoms with Gasteiger partial charge in [-0.25, -0.2) is 0 Å². The van der Waals surface area contributed by atoms with E-state index in [4.69, 9.17) is 15.3 Å². The number of likely N-dealkylation sites (N-methyl/N-ethyl adjacent to an activating group) is 1. The molecular formula is C14H11I2N3O2. The second-order valence-corrected chi connectivity index (χ2v) is 6.45. The molecule has 21 heavy (non-hydrogen) atoms. The van der Waals surface area contributed by atoms with E-state index in [9.17, 15) is 4.79 Å². The Labute approximate surface area is 150 Å². The second-order valence-electron chi connectivity index (χ2n) is 4.13. The quantitative estimate of drug-likeness (QED) is 0.357. The van der Waals surface area contributed by atoms with E-state index in [2.05, 4.69) is 45.2 Å². The van der Waals surface area contributed by atoms with Crippen LogP contribution >= 0.6 is 45.2 Å². The molecule has 1 aromatic carbocycles. The van der Waals surface area contributed by atoms with E-state index in [-0.39, 0.29) is 18.1 Å². The molecule has 0 aromatic heterocycles. The van der Waals surface area contributed by atoms with Crippen LogP contribution in [0.15, 0.2) is 17.7 Å². The number of carbonyl (C=O) groups excluding carboxylic acids is 1. The highest BCUT2D eigenvalue weighted by molar-refractivity contribution is 14.1. The van der Waals surface area contributed by atoms with E-state index in [0.717, 1.165) is 12.7 Å². The summed E-state index contributed by atoms with van der Waals surface area (Å²) in [6, 6.07) is 7.43. The van der Waals surface area contributed by atoms with Gasteiger partial charge in [-0.15, -0.1) is 0 Å². The molecule has 0 saturated heterocycles. The summed E-state index contributed by atoms with van der Waals surface area (Å²) in [5, 5.41) is 17.6. The first-order valence-electron chi connectivity index (χ1n) is 5.73. The zero-order valence-electron chi connectivity index (χ0n) is 11.4. The van der Waals surface area contributed by atoms with Gasteiger partial charge in [0.2, 0.25) is 0 Å². The van der Waals surface area contributed by atoms with Crippen molar-refractivity contribution >= 4 is 57.2 Å². The van der Waals surface area contributed by atoms with Gasteiger partial charge in [-0.3, -0.25) is 4.79 Å². The average molecular weight is 507 g/mol. The van der Waals surface area contributed by atoms with Crippen molar-refractivity contribution in [2.75, 3.05) is 20.7 Å². The molecule has 0 N–H and O–H groups in total. The van der Waals surface area contributed by atoms with Crippen molar-refractivity contribution in [3.8, 4) is 17.9 Å². The molecule has 0 aliphatic rings. The number of nitrogens with zero attached hydrogens (tertiary/aromatic N) is 3. The van der Waals surface area contributed by atoms with Gasteiger partial charge in [0.15, 0.2) is 6.61 Å². The summed E-state index contributed by atoms with van der Waals surface area (Å²) in [7, 11) is 3.19. The van der Waals surface area contributed by atoms with Crippen molar-refractivity contribution in [3.63, 3.8) is 0 Å². The van der Waals surface area contributed by atoms with Gasteiger partial charge in [0.25, 0.3) is 5.91 Å². The number of carbonyl (C=O) groups is 1. The van der Waals surface area contributed by atoms with E-state index in [1.807, 2.05) is 12.1 Å². The first-order chi connectivity index (χ1) is 9.90. The molecule has 0 saturated carbocycles. The first-order valence-corrected chi connectivity index (χ1v) is 7.88. The fraction of sp³-hybridized carbons (Fsp3) is 0.214. The fourth-order valence-corrected chi connectivity index (χ4v) is 3.58. The van der Waals surface area contributed by atoms with Gasteiger partial charge < -0.3 is 9.64 Å². The van der Waals surface area contributed by atoms with Gasteiger partial charge in [0.1, 0.15) is 23.5 Å². The molecule has 0 aliphatic heterocycles. The number of nitriles is 2. The number of amides is 1. The monoisotopic (exact) mass is 507 g/mol. The van der Waals surface area contributed by atoms with Crippen LogP contribution in [-0.2, 0) is 4.79 Å². The minimum absolute atomic E-state index is 0.0241. The summed E-state index contributed by atoms with van der Waals surface area (Å²) in [5.41, 5.74) is 0.803. The maximum absolute atomic E-state index is 11.8. The zero-order valence-corrected chi connectivity index (χ0v) is 15.7. The molecule has 5 nitrogen and oxygen atoms in total. The molecule has 0 fully saturated rings. The topological polar surface area (TPSA) is 77.1 Å². The SMILES string of the molecule is CN(C)C(=O)/C(C#N)=C\c1cc(I)c(OCC#N)c(I)c1. The van der Waals surface area contributed by atoms with Crippen molar-refractivity contribution in [1.82, 2.24) is 4.90 Å². The molecule has 7 heteroatoms. The van der Waals surface area contributed by atoms with E-state index >= 15 is 0 Å². The predicted octanol–water partition coefficient (Wildman–Crippen LogP) is 2.79. The van der Waals surface area contributed by atoms with Crippen LogP contribution in [0.25, 0.3) is 6.08 Å². The highest BCUT2D eigenvalue weighted by atomic mass is 127. The highest BCUT2D eigenvalue weighted by Crippen LogP contribution is 2.29. The van der Waals surface area contributed by atoms with E-state index < -0.39 is 0 Å². The van der Waals surface area contributed by atoms with Crippen LogP contribution in [0.1, 0.15) is 5.56 Å². The number of halogens is 2. The molecule has 1 rings (SSSR count). The third-order valence-corrected chi connectivity index (χ3v) is 3.97. The Morgan fingerprint density at radius 2 is 1.90 bits per heavy atom. The van der Waals surface area contributed by atoms with Crippen molar-refractivity contribution in [2.24, 2.45) is 0 Å². The van der Waals surface area contributed by atoms with Gasteiger partial charge >= 0.3 is 0 Å². The Hall–Kier alpha value is -1.33. The minimum atomic E-state index is -0.340. The fourth-order valence-electron chi connectivity index (χ4n) is 1.45. The molecule has 1 amide bonds. The Kier molecular flexibility index (Phi) is 6.92. The minimum Gasteiger partial charge on any atom is -0.477 e. The normalized spacial score (nSPS) is 10.5. The third-order valence-electron chi connectivity index (χ3n) is 2.37. The van der Waals surface area contributed by atoms with Crippen LogP contribution in [0, 0.1) is 29.8 Å². The summed E-state index contributed by atoms with van der Waals surface area (Å²) in [6.45, 7) is -0.0241. The number of ether oxygens (including phenoxy) is 1. The number of hydrogen-bond donors (Lipinski definition) is 0. The largest absolute Gasteiger partial charge is 0.477 e. The molecule has 0 atom stereocenters. The number of rotatable bonds is 4. The van der Waals surface area contributed by atoms with Crippen LogP contribution in [0.3, 0.4) is 0 Å². The Bertz CT molecular complexity index is 647. The van der Waals surface area contributed by atoms with Crippen LogP contribution in [-0.4, -0.2) is 31.5 Å². The van der Waals surface area contributed by atoms with Gasteiger partial charge in [0.05, 0.1) is 7.14 Å². The summed E-state index contributed by atoms with van der Waals surface area (Å²) in [4.78, 5) is 13.2. The molecular weight excluding hydrogens is 496 g/mol. The van der Waals surface area contributed by atoms with Gasteiger partial charge in [0, 0.05) is 14.1 Å². The number of hydrogen-bond acceptors (Lipinski definition) is 4. The summed E-state index contributed by atoms with van der Waals surface area (Å²) < 4.78 is 6.98. The molecule has 0 unspecified atom stereocenters. The van der Waals surface area contributed by atoms with E-state index in [1.54, 1.807) is 32.3 Å². The lowest BCUT2D eigenvalue weighted by Crippen LogP contribution is -2.22. The predicted molar refractivity (Wildman–Crippen MR) is 95.3 cm³/mol. The summed E-state index contributed by atoms with van der Waals surface area (Å²) >= 11 is 4.19. The maximum atomic E-state index is 11.8. The Morgan fingerprint density at radius 1 is 1.33 bits per heavy atom. The van der Waals surface area contributed by atoms with Gasteiger partial charge in [-0.2, -0.15) is 10.5 Å². The van der Waals surface area contributed by atoms with Gasteiger partial charge in [-0.1, -0.05) is 0 Å². The molecule has 1 aromatic rings. The van der Waals surface area contributed by atoms with Crippen LogP contribution in [0.5, 0.6) is 5.75 Å². The van der Waals surface area contributed by atoms with Crippen LogP contribution < -0.4 is 4.74 Å². The number of benzene rings is 1. The van der Waals surface area contributed by atoms with Gasteiger partial charge in [-0.05, 0) is 69.0 Å². The molecule has 0 radical (unpaired) electrons. The average Bonchev–Trinajstić information content (AvgIpc) is 2.43. The van der Waals surface area contributed by atoms with E-state index in [0.29, 0.717) is 5.75 Å². The molecule has 0 heterocycles. The second kappa shape index (κ2) is 8.20. The molecule has 0 aliphatic carbocycles. The van der Waals surface area contributed by atoms with Crippen molar-refractivity contribution in [2.45, 2.75) is 0 Å². The Morgan fingerprint density at radius 3 is 2.33 bits per heavy atom. The van der Waals surface area contributed by atoms with Crippen molar-refractivity contribution in [3.05, 3.63) is 30.4 Å². The third kappa shape index (κ3) is 4.86. The summed E-state index contributed by atoms with van der Waals surface area (Å²) in [5.74, 6) is 0.291. The molecule has 108 valence electrons. The van der Waals surface area contributed by atoms with E-state index in [1.165, 1.54) is 4.90 Å². The lowest BCUT2D eigenvalue weighted by atomic mass is 10.1. The highest BCUT2D eigenvalue weighted by Gasteiger charge is 2.13. The van der Waals surface area contributed by atoms with Crippen LogP contribution in [0.4, 0.5) is 0 Å². The standard InChI is InChI=1S/C14H11I2N3O2/c1-19(2)14(20)10(8-18)5-9-6-11(15)13(12(16)7-9)21-4-3-17/h5-7H,4H2,1-2H3/b10-5-. The Balaban J connectivity index is 3.19. The van der Waals surface area contributed by atoms with Crippen molar-refractivity contribution < 1.29 is 9.53 Å².